The van der Waals surface area contributed by atoms with Crippen LogP contribution in [0, 0.1) is 24.6 Å². The summed E-state index contributed by atoms with van der Waals surface area (Å²) in [5, 5.41) is 8.63. The fraction of sp³-hybridized carbons (Fsp3) is 0.500. The Hall–Kier alpha value is -4.28. The Morgan fingerprint density at radius 3 is 2.36 bits per heavy atom. The van der Waals surface area contributed by atoms with Crippen molar-refractivity contribution in [3.63, 3.8) is 0 Å². The summed E-state index contributed by atoms with van der Waals surface area (Å²) in [7, 11) is 3.02. The molecule has 1 aliphatic rings. The second kappa shape index (κ2) is 20.6. The van der Waals surface area contributed by atoms with Crippen LogP contribution in [0.5, 0.6) is 5.88 Å². The monoisotopic (exact) mass is 777 g/mol. The molecule has 3 amide bonds. The topological polar surface area (TPSA) is 135 Å². The van der Waals surface area contributed by atoms with Crippen LogP contribution in [0.3, 0.4) is 0 Å². The Labute approximate surface area is 332 Å². The van der Waals surface area contributed by atoms with Gasteiger partial charge in [-0.3, -0.25) is 14.4 Å². The maximum Gasteiger partial charge on any atom is 0.260 e. The van der Waals surface area contributed by atoms with Crippen molar-refractivity contribution >= 4 is 35.0 Å². The van der Waals surface area contributed by atoms with Crippen LogP contribution in [-0.4, -0.2) is 48.9 Å². The first-order valence-corrected chi connectivity index (χ1v) is 19.9. The number of hydrogen-bond acceptors (Lipinski definition) is 6. The number of methoxy groups -OCH3 is 1. The number of carbonyl (C=O) groups excluding carboxylic acids is 3. The fourth-order valence-electron chi connectivity index (χ4n) is 6.87. The molecule has 1 unspecified atom stereocenters. The van der Waals surface area contributed by atoms with E-state index in [-0.39, 0.29) is 40.1 Å². The van der Waals surface area contributed by atoms with Gasteiger partial charge in [0.1, 0.15) is 11.4 Å². The lowest BCUT2D eigenvalue weighted by molar-refractivity contribution is -0.126. The highest BCUT2D eigenvalue weighted by Crippen LogP contribution is 2.44. The van der Waals surface area contributed by atoms with Crippen molar-refractivity contribution in [1.82, 2.24) is 15.6 Å². The van der Waals surface area contributed by atoms with Crippen LogP contribution < -0.4 is 26.4 Å². The van der Waals surface area contributed by atoms with Crippen LogP contribution in [0.2, 0.25) is 5.02 Å². The molecule has 0 aliphatic heterocycles. The number of benzene rings is 2. The molecule has 1 aromatic heterocycles. The Bertz CT molecular complexity index is 1860. The summed E-state index contributed by atoms with van der Waals surface area (Å²) in [6.45, 7) is 16.7. The third kappa shape index (κ3) is 10.9. The normalized spacial score (nSPS) is 14.4. The molecule has 0 fully saturated rings. The van der Waals surface area contributed by atoms with E-state index in [1.807, 2.05) is 19.9 Å². The van der Waals surface area contributed by atoms with E-state index in [9.17, 15) is 14.4 Å². The lowest BCUT2D eigenvalue weighted by Crippen LogP contribution is -2.49. The molecule has 0 radical (unpaired) electrons. The average Bonchev–Trinajstić information content (AvgIpc) is 3.56. The summed E-state index contributed by atoms with van der Waals surface area (Å²) in [6, 6.07) is 10.1. The third-order valence-corrected chi connectivity index (χ3v) is 11.4. The number of pyridine rings is 1. The number of nitrogens with zero attached hydrogens (tertiary/aromatic N) is 1. The van der Waals surface area contributed by atoms with Gasteiger partial charge in [0, 0.05) is 47.4 Å². The number of hydrogen-bond donors (Lipinski definition) is 4. The van der Waals surface area contributed by atoms with Crippen molar-refractivity contribution in [2.75, 3.05) is 26.0 Å². The van der Waals surface area contributed by atoms with E-state index in [1.54, 1.807) is 38.3 Å². The number of carbonyl (C=O) groups is 3. The Morgan fingerprint density at radius 1 is 1.09 bits per heavy atom. The SMILES string of the molecule is CC[C@@H](C)CCC(CC)(CC)NC(=O)C(C)C.CNC(=O)/C(=C\CN)C(=O)Nc1cccc(-c2c(F)ccc(-c3cc4c(c(OC)n3)C(C)CC4)c2Cl)c1C. The van der Waals surface area contributed by atoms with Gasteiger partial charge in [-0.15, -0.1) is 0 Å². The lowest BCUT2D eigenvalue weighted by Gasteiger charge is -2.34. The largest absolute Gasteiger partial charge is 0.481 e. The number of halogens is 2. The molecule has 1 aliphatic carbocycles. The number of aromatic nitrogens is 1. The highest BCUT2D eigenvalue weighted by Gasteiger charge is 2.29. The summed E-state index contributed by atoms with van der Waals surface area (Å²) < 4.78 is 20.9. The number of fused-ring (bicyclic) bond motifs is 1. The average molecular weight is 778 g/mol. The molecular weight excluding hydrogens is 717 g/mol. The number of anilines is 1. The summed E-state index contributed by atoms with van der Waals surface area (Å²) in [5.41, 5.74) is 10.5. The predicted molar refractivity (Wildman–Crippen MR) is 223 cm³/mol. The van der Waals surface area contributed by atoms with E-state index in [2.05, 4.69) is 50.6 Å². The van der Waals surface area contributed by atoms with E-state index in [0.717, 1.165) is 49.1 Å². The number of likely N-dealkylation sites (N-methyl/N-ethyl adjacent to an activating group) is 1. The van der Waals surface area contributed by atoms with E-state index >= 15 is 4.39 Å². The van der Waals surface area contributed by atoms with Gasteiger partial charge in [0.15, 0.2) is 0 Å². The van der Waals surface area contributed by atoms with Crippen molar-refractivity contribution < 1.29 is 23.5 Å². The second-order valence-corrected chi connectivity index (χ2v) is 15.2. The number of ether oxygens (including phenoxy) is 1. The van der Waals surface area contributed by atoms with Crippen molar-refractivity contribution in [1.29, 1.82) is 0 Å². The number of nitrogens with two attached hydrogens (primary N) is 1. The summed E-state index contributed by atoms with van der Waals surface area (Å²) in [6.07, 6.45) is 8.85. The molecule has 55 heavy (non-hydrogen) atoms. The number of rotatable bonds is 15. The van der Waals surface area contributed by atoms with Gasteiger partial charge in [-0.1, -0.05) is 84.7 Å². The standard InChI is InChI=1S/C29H30ClFN4O3.C15H31NO/c1-15-8-9-17-14-23(35-29(38-4)24(15)17)19-10-11-21(31)25(26(19)30)18-6-5-7-22(16(18)2)34-28(37)20(12-13-32)27(36)33-3;1-7-13(6)10-11-15(8-2,9-3)16-14(17)12(4)5/h5-7,10-12,14-15H,8-9,13,32H2,1-4H3,(H,33,36)(H,34,37);12-13H,7-11H2,1-6H3,(H,16,17)/b20-12+;/t;13-/m.1/s1. The minimum Gasteiger partial charge on any atom is -0.481 e. The Kier molecular flexibility index (Phi) is 16.9. The number of aryl methyl sites for hydroxylation is 1. The smallest absolute Gasteiger partial charge is 0.260 e. The molecule has 0 bridgehead atoms. The van der Waals surface area contributed by atoms with Gasteiger partial charge in [-0.2, -0.15) is 0 Å². The minimum absolute atomic E-state index is 0.0171. The third-order valence-electron chi connectivity index (χ3n) is 11.0. The van der Waals surface area contributed by atoms with Gasteiger partial charge >= 0.3 is 0 Å². The van der Waals surface area contributed by atoms with Crippen molar-refractivity contribution in [3.8, 4) is 28.3 Å². The van der Waals surface area contributed by atoms with Crippen molar-refractivity contribution in [2.45, 2.75) is 112 Å². The van der Waals surface area contributed by atoms with E-state index in [1.165, 1.54) is 32.0 Å². The predicted octanol–water partition coefficient (Wildman–Crippen LogP) is 9.29. The van der Waals surface area contributed by atoms with Crippen LogP contribution >= 0.6 is 11.6 Å². The summed E-state index contributed by atoms with van der Waals surface area (Å²) >= 11 is 6.86. The zero-order chi connectivity index (χ0) is 41.0. The molecule has 4 rings (SSSR count). The molecule has 9 nitrogen and oxygen atoms in total. The quantitative estimate of drug-likeness (QED) is 0.0691. The molecule has 0 spiro atoms. The van der Waals surface area contributed by atoms with Crippen molar-refractivity contribution in [3.05, 3.63) is 75.6 Å². The zero-order valence-corrected chi connectivity index (χ0v) is 35.1. The van der Waals surface area contributed by atoms with Crippen LogP contribution in [0.1, 0.15) is 110 Å². The molecule has 300 valence electrons. The van der Waals surface area contributed by atoms with E-state index in [4.69, 9.17) is 27.1 Å². The molecule has 2 atom stereocenters. The van der Waals surface area contributed by atoms with Crippen LogP contribution in [0.15, 0.2) is 48.0 Å². The highest BCUT2D eigenvalue weighted by molar-refractivity contribution is 6.36. The van der Waals surface area contributed by atoms with Gasteiger partial charge in [-0.05, 0) is 98.2 Å². The molecule has 5 N–H and O–H groups in total. The molecule has 0 saturated carbocycles. The molecular formula is C44H61ClFN5O4. The van der Waals surface area contributed by atoms with Gasteiger partial charge in [-0.25, -0.2) is 9.37 Å². The Balaban J connectivity index is 0.000000404. The van der Waals surface area contributed by atoms with Crippen LogP contribution in [0.4, 0.5) is 10.1 Å². The zero-order valence-electron chi connectivity index (χ0n) is 34.3. The first kappa shape index (κ1) is 45.1. The highest BCUT2D eigenvalue weighted by atomic mass is 35.5. The molecule has 0 saturated heterocycles. The number of amides is 3. The van der Waals surface area contributed by atoms with Crippen LogP contribution in [-0.2, 0) is 20.8 Å². The van der Waals surface area contributed by atoms with Gasteiger partial charge in [0.25, 0.3) is 11.8 Å². The second-order valence-electron chi connectivity index (χ2n) is 14.9. The fourth-order valence-corrected chi connectivity index (χ4v) is 7.22. The van der Waals surface area contributed by atoms with Crippen LogP contribution in [0.25, 0.3) is 22.4 Å². The maximum absolute atomic E-state index is 15.3. The summed E-state index contributed by atoms with van der Waals surface area (Å²) in [5.74, 6) is 0.237. The first-order valence-electron chi connectivity index (χ1n) is 19.5. The molecule has 1 heterocycles. The lowest BCUT2D eigenvalue weighted by atomic mass is 9.84. The Morgan fingerprint density at radius 2 is 1.78 bits per heavy atom. The van der Waals surface area contributed by atoms with E-state index in [0.29, 0.717) is 39.9 Å². The van der Waals surface area contributed by atoms with Gasteiger partial charge in [0.05, 0.1) is 17.8 Å². The van der Waals surface area contributed by atoms with E-state index < -0.39 is 17.6 Å². The minimum atomic E-state index is -0.626. The number of nitrogens with one attached hydrogen (secondary N) is 3. The molecule has 2 aromatic carbocycles. The van der Waals surface area contributed by atoms with Gasteiger partial charge in [0.2, 0.25) is 11.8 Å². The van der Waals surface area contributed by atoms with Crippen molar-refractivity contribution in [2.24, 2.45) is 17.6 Å². The first-order chi connectivity index (χ1) is 26.1. The van der Waals surface area contributed by atoms with Gasteiger partial charge < -0.3 is 26.4 Å². The maximum atomic E-state index is 15.3. The molecule has 3 aromatic rings. The molecule has 11 heteroatoms. The summed E-state index contributed by atoms with van der Waals surface area (Å²) in [4.78, 5) is 41.5.